The monoisotopic (exact) mass is 552 g/mol. The van der Waals surface area contributed by atoms with Gasteiger partial charge in [-0.2, -0.15) is 0 Å². The molecular formula is C24H49IN4O2. The van der Waals surface area contributed by atoms with Gasteiger partial charge in [-0.25, -0.2) is 0 Å². The largest absolute Gasteiger partial charge is 0.378 e. The van der Waals surface area contributed by atoms with Crippen LogP contribution in [-0.4, -0.2) is 75.0 Å². The molecule has 6 nitrogen and oxygen atoms in total. The smallest absolute Gasteiger partial charge is 0.191 e. The molecule has 2 aliphatic rings. The molecule has 1 aliphatic heterocycles. The number of ether oxygens (including phenoxy) is 2. The van der Waals surface area contributed by atoms with E-state index in [0.717, 1.165) is 64.7 Å². The second kappa shape index (κ2) is 18.3. The zero-order valence-corrected chi connectivity index (χ0v) is 22.7. The van der Waals surface area contributed by atoms with Crippen molar-refractivity contribution in [3.05, 3.63) is 0 Å². The first kappa shape index (κ1) is 28.9. The molecule has 2 rings (SSSR count). The Kier molecular flexibility index (Phi) is 17.1. The Morgan fingerprint density at radius 1 is 1.00 bits per heavy atom. The minimum absolute atomic E-state index is 0. The SMILES string of the molecule is CCNC(=NCCCCOC1CCCCCC1)NC1CCN(CCOC(C)C)CC1.I. The first-order valence-corrected chi connectivity index (χ1v) is 12.7. The number of rotatable bonds is 12. The van der Waals surface area contributed by atoms with Crippen molar-refractivity contribution in [1.29, 1.82) is 0 Å². The molecule has 0 atom stereocenters. The summed E-state index contributed by atoms with van der Waals surface area (Å²) >= 11 is 0. The highest BCUT2D eigenvalue weighted by atomic mass is 127. The molecule has 0 aromatic carbocycles. The van der Waals surface area contributed by atoms with Crippen molar-refractivity contribution in [3.63, 3.8) is 0 Å². The van der Waals surface area contributed by atoms with Gasteiger partial charge in [0, 0.05) is 45.4 Å². The molecule has 0 amide bonds. The van der Waals surface area contributed by atoms with E-state index in [1.54, 1.807) is 0 Å². The lowest BCUT2D eigenvalue weighted by Crippen LogP contribution is -2.49. The highest BCUT2D eigenvalue weighted by Gasteiger charge is 2.19. The van der Waals surface area contributed by atoms with Gasteiger partial charge in [0.25, 0.3) is 0 Å². The first-order valence-electron chi connectivity index (χ1n) is 12.7. The van der Waals surface area contributed by atoms with Gasteiger partial charge in [0.2, 0.25) is 0 Å². The Bertz CT molecular complexity index is 449. The van der Waals surface area contributed by atoms with Crippen molar-refractivity contribution in [1.82, 2.24) is 15.5 Å². The summed E-state index contributed by atoms with van der Waals surface area (Å²) in [5.74, 6) is 0.976. The lowest BCUT2D eigenvalue weighted by atomic mass is 10.1. The van der Waals surface area contributed by atoms with E-state index in [1.165, 1.54) is 51.4 Å². The Labute approximate surface area is 208 Å². The van der Waals surface area contributed by atoms with Crippen LogP contribution in [0.3, 0.4) is 0 Å². The van der Waals surface area contributed by atoms with Gasteiger partial charge >= 0.3 is 0 Å². The summed E-state index contributed by atoms with van der Waals surface area (Å²) in [5.41, 5.74) is 0. The standard InChI is InChI=1S/C24H48N4O2.HI/c1-4-25-24(26-15-9-10-19-30-23-11-7-5-6-8-12-23)27-22-13-16-28(17-14-22)18-20-29-21(2)3;/h21-23H,4-20H2,1-3H3,(H2,25,26,27);1H. The van der Waals surface area contributed by atoms with Gasteiger partial charge in [-0.3, -0.25) is 4.99 Å². The van der Waals surface area contributed by atoms with E-state index < -0.39 is 0 Å². The van der Waals surface area contributed by atoms with Gasteiger partial charge in [-0.1, -0.05) is 25.7 Å². The lowest BCUT2D eigenvalue weighted by Gasteiger charge is -2.33. The van der Waals surface area contributed by atoms with Crippen LogP contribution in [0.2, 0.25) is 0 Å². The third kappa shape index (κ3) is 13.9. The second-order valence-corrected chi connectivity index (χ2v) is 9.13. The maximum atomic E-state index is 6.10. The highest BCUT2D eigenvalue weighted by Crippen LogP contribution is 2.20. The molecule has 7 heteroatoms. The fourth-order valence-electron chi connectivity index (χ4n) is 4.30. The van der Waals surface area contributed by atoms with Crippen LogP contribution >= 0.6 is 24.0 Å². The Morgan fingerprint density at radius 3 is 2.35 bits per heavy atom. The third-order valence-electron chi connectivity index (χ3n) is 6.11. The average molecular weight is 553 g/mol. The summed E-state index contributed by atoms with van der Waals surface area (Å²) in [6.07, 6.45) is 13.4. The van der Waals surface area contributed by atoms with Crippen molar-refractivity contribution in [3.8, 4) is 0 Å². The average Bonchev–Trinajstić information content (AvgIpc) is 3.00. The number of guanidine groups is 1. The molecule has 0 aromatic rings. The van der Waals surface area contributed by atoms with Crippen molar-refractivity contribution in [2.75, 3.05) is 45.9 Å². The number of hydrogen-bond acceptors (Lipinski definition) is 4. The maximum Gasteiger partial charge on any atom is 0.191 e. The Morgan fingerprint density at radius 2 is 1.71 bits per heavy atom. The quantitative estimate of drug-likeness (QED) is 0.122. The van der Waals surface area contributed by atoms with Crippen molar-refractivity contribution >= 4 is 29.9 Å². The van der Waals surface area contributed by atoms with Crippen LogP contribution in [0, 0.1) is 0 Å². The lowest BCUT2D eigenvalue weighted by molar-refractivity contribution is 0.0413. The van der Waals surface area contributed by atoms with Gasteiger partial charge in [-0.15, -0.1) is 24.0 Å². The maximum absolute atomic E-state index is 6.10. The minimum atomic E-state index is 0. The second-order valence-electron chi connectivity index (χ2n) is 9.13. The fraction of sp³-hybridized carbons (Fsp3) is 0.958. The van der Waals surface area contributed by atoms with Crippen LogP contribution in [-0.2, 0) is 9.47 Å². The van der Waals surface area contributed by atoms with Gasteiger partial charge in [0.05, 0.1) is 18.8 Å². The zero-order valence-electron chi connectivity index (χ0n) is 20.4. The van der Waals surface area contributed by atoms with Gasteiger partial charge < -0.3 is 25.0 Å². The van der Waals surface area contributed by atoms with Gasteiger partial charge in [0.15, 0.2) is 5.96 Å². The van der Waals surface area contributed by atoms with Crippen LogP contribution in [0.1, 0.15) is 85.0 Å². The van der Waals surface area contributed by atoms with Gasteiger partial charge in [0.1, 0.15) is 0 Å². The topological polar surface area (TPSA) is 58.1 Å². The number of likely N-dealkylation sites (tertiary alicyclic amines) is 1. The molecule has 1 saturated heterocycles. The van der Waals surface area contributed by atoms with Gasteiger partial charge in [-0.05, 0) is 59.3 Å². The van der Waals surface area contributed by atoms with E-state index in [1.807, 2.05) is 0 Å². The summed E-state index contributed by atoms with van der Waals surface area (Å²) in [6, 6.07) is 0.517. The number of hydrogen-bond donors (Lipinski definition) is 2. The predicted molar refractivity (Wildman–Crippen MR) is 142 cm³/mol. The molecule has 0 unspecified atom stereocenters. The van der Waals surface area contributed by atoms with Crippen LogP contribution < -0.4 is 10.6 Å². The van der Waals surface area contributed by atoms with Crippen molar-refractivity contribution in [2.45, 2.75) is 103 Å². The number of unbranched alkanes of at least 4 members (excludes halogenated alkanes) is 1. The predicted octanol–water partition coefficient (Wildman–Crippen LogP) is 4.57. The number of piperidine rings is 1. The highest BCUT2D eigenvalue weighted by molar-refractivity contribution is 14.0. The van der Waals surface area contributed by atoms with Crippen LogP contribution in [0.15, 0.2) is 4.99 Å². The summed E-state index contributed by atoms with van der Waals surface area (Å²) < 4.78 is 11.8. The molecule has 1 heterocycles. The molecule has 0 spiro atoms. The molecule has 31 heavy (non-hydrogen) atoms. The molecule has 1 saturated carbocycles. The van der Waals surface area contributed by atoms with E-state index in [2.05, 4.69) is 36.3 Å². The Hall–Kier alpha value is -0.120. The third-order valence-corrected chi connectivity index (χ3v) is 6.11. The molecule has 184 valence electrons. The molecule has 2 fully saturated rings. The molecule has 0 aromatic heterocycles. The van der Waals surface area contributed by atoms with Crippen LogP contribution in [0.25, 0.3) is 0 Å². The minimum Gasteiger partial charge on any atom is -0.378 e. The number of halogens is 1. The van der Waals surface area contributed by atoms with E-state index in [0.29, 0.717) is 18.2 Å². The zero-order chi connectivity index (χ0) is 21.4. The number of nitrogens with zero attached hydrogens (tertiary/aromatic N) is 2. The normalized spacial score (nSPS) is 19.8. The Balaban J connectivity index is 0.00000480. The summed E-state index contributed by atoms with van der Waals surface area (Å²) in [6.45, 7) is 13.2. The number of nitrogens with one attached hydrogen (secondary N) is 2. The van der Waals surface area contributed by atoms with E-state index in [9.17, 15) is 0 Å². The van der Waals surface area contributed by atoms with Crippen LogP contribution in [0.5, 0.6) is 0 Å². The van der Waals surface area contributed by atoms with Crippen LogP contribution in [0.4, 0.5) is 0 Å². The molecule has 2 N–H and O–H groups in total. The summed E-state index contributed by atoms with van der Waals surface area (Å²) in [7, 11) is 0. The molecule has 0 bridgehead atoms. The fourth-order valence-corrected chi connectivity index (χ4v) is 4.30. The van der Waals surface area contributed by atoms with E-state index in [4.69, 9.17) is 14.5 Å². The molecule has 0 radical (unpaired) electrons. The van der Waals surface area contributed by atoms with Crippen molar-refractivity contribution in [2.24, 2.45) is 4.99 Å². The summed E-state index contributed by atoms with van der Waals surface area (Å²) in [5, 5.41) is 7.06. The van der Waals surface area contributed by atoms with Crippen molar-refractivity contribution < 1.29 is 9.47 Å². The number of aliphatic imine (C=N–C) groups is 1. The molecular weight excluding hydrogens is 503 g/mol. The summed E-state index contributed by atoms with van der Waals surface area (Å²) in [4.78, 5) is 7.31. The first-order chi connectivity index (χ1) is 14.7. The van der Waals surface area contributed by atoms with E-state index in [-0.39, 0.29) is 24.0 Å². The van der Waals surface area contributed by atoms with E-state index >= 15 is 0 Å². The molecule has 1 aliphatic carbocycles.